The van der Waals surface area contributed by atoms with Crippen LogP contribution >= 0.6 is 0 Å². The third-order valence-corrected chi connectivity index (χ3v) is 2.57. The van der Waals surface area contributed by atoms with Gasteiger partial charge in [0.1, 0.15) is 5.76 Å². The summed E-state index contributed by atoms with van der Waals surface area (Å²) in [6.45, 7) is 2.80. The van der Waals surface area contributed by atoms with Crippen LogP contribution in [0.25, 0.3) is 0 Å². The topological polar surface area (TPSA) is 83.0 Å². The van der Waals surface area contributed by atoms with Crippen molar-refractivity contribution in [3.63, 3.8) is 0 Å². The molecule has 3 N–H and O–H groups in total. The van der Waals surface area contributed by atoms with Gasteiger partial charge < -0.3 is 15.1 Å². The fourth-order valence-corrected chi connectivity index (χ4v) is 1.48. The number of carbonyl (C=O) groups excluding carboxylic acids is 1. The Hall–Kier alpha value is -2.08. The highest BCUT2D eigenvalue weighted by Crippen LogP contribution is 1.99. The Morgan fingerprint density at radius 1 is 1.50 bits per heavy atom. The van der Waals surface area contributed by atoms with Gasteiger partial charge in [-0.15, -0.1) is 0 Å². The highest BCUT2D eigenvalue weighted by Gasteiger charge is 2.12. The summed E-state index contributed by atoms with van der Waals surface area (Å²) in [4.78, 5) is 11.8. The quantitative estimate of drug-likeness (QED) is 0.706. The lowest BCUT2D eigenvalue weighted by atomic mass is 10.3. The maximum Gasteiger partial charge on any atom is 0.237 e. The molecule has 6 heteroatoms. The number of nitrogens with one attached hydrogen (secondary N) is 3. The Morgan fingerprint density at radius 2 is 2.39 bits per heavy atom. The Morgan fingerprint density at radius 3 is 3.06 bits per heavy atom. The second-order valence-corrected chi connectivity index (χ2v) is 3.98. The second kappa shape index (κ2) is 6.02. The number of hydrogen-bond donors (Lipinski definition) is 3. The molecule has 18 heavy (non-hydrogen) atoms. The number of aromatic amines is 1. The molecule has 0 aliphatic rings. The lowest BCUT2D eigenvalue weighted by Gasteiger charge is -2.12. The van der Waals surface area contributed by atoms with Gasteiger partial charge in [0, 0.05) is 18.4 Å². The van der Waals surface area contributed by atoms with E-state index in [-0.39, 0.29) is 11.9 Å². The molecule has 0 aromatic carbocycles. The van der Waals surface area contributed by atoms with E-state index in [2.05, 4.69) is 20.8 Å². The number of furan rings is 1. The third-order valence-electron chi connectivity index (χ3n) is 2.57. The minimum Gasteiger partial charge on any atom is -0.467 e. The van der Waals surface area contributed by atoms with E-state index in [1.165, 1.54) is 0 Å². The summed E-state index contributed by atoms with van der Waals surface area (Å²) in [7, 11) is 0. The predicted molar refractivity (Wildman–Crippen MR) is 65.4 cm³/mol. The van der Waals surface area contributed by atoms with Gasteiger partial charge in [0.25, 0.3) is 0 Å². The smallest absolute Gasteiger partial charge is 0.237 e. The van der Waals surface area contributed by atoms with Crippen LogP contribution < -0.4 is 10.6 Å². The van der Waals surface area contributed by atoms with Gasteiger partial charge in [0.2, 0.25) is 5.91 Å². The van der Waals surface area contributed by atoms with Crippen LogP contribution in [0, 0.1) is 0 Å². The molecule has 2 heterocycles. The van der Waals surface area contributed by atoms with Crippen molar-refractivity contribution in [1.82, 2.24) is 20.8 Å². The monoisotopic (exact) mass is 248 g/mol. The summed E-state index contributed by atoms with van der Waals surface area (Å²) in [5.74, 6) is 0.676. The third kappa shape index (κ3) is 3.46. The Bertz CT molecular complexity index is 464. The predicted octanol–water partition coefficient (Wildman–Crippen LogP) is 0.797. The molecule has 1 atom stereocenters. The number of rotatable bonds is 6. The maximum absolute atomic E-state index is 11.8. The van der Waals surface area contributed by atoms with E-state index >= 15 is 0 Å². The largest absolute Gasteiger partial charge is 0.467 e. The van der Waals surface area contributed by atoms with Gasteiger partial charge in [-0.3, -0.25) is 9.89 Å². The first-order chi connectivity index (χ1) is 8.75. The molecule has 0 aliphatic carbocycles. The summed E-state index contributed by atoms with van der Waals surface area (Å²) < 4.78 is 5.13. The van der Waals surface area contributed by atoms with Crippen LogP contribution in [0.2, 0.25) is 0 Å². The normalized spacial score (nSPS) is 12.3. The first-order valence-corrected chi connectivity index (χ1v) is 5.77. The van der Waals surface area contributed by atoms with Crippen molar-refractivity contribution in [1.29, 1.82) is 0 Å². The van der Waals surface area contributed by atoms with Crippen LogP contribution in [0.1, 0.15) is 18.4 Å². The number of aromatic nitrogens is 2. The molecule has 0 saturated heterocycles. The van der Waals surface area contributed by atoms with Gasteiger partial charge in [-0.05, 0) is 25.1 Å². The summed E-state index contributed by atoms with van der Waals surface area (Å²) in [6, 6.07) is 5.20. The van der Waals surface area contributed by atoms with E-state index in [1.54, 1.807) is 18.5 Å². The first kappa shape index (κ1) is 12.4. The first-order valence-electron chi connectivity index (χ1n) is 5.77. The van der Waals surface area contributed by atoms with Crippen molar-refractivity contribution in [3.05, 3.63) is 42.1 Å². The Balaban J connectivity index is 1.71. The zero-order valence-corrected chi connectivity index (χ0v) is 10.1. The van der Waals surface area contributed by atoms with Crippen molar-refractivity contribution in [2.45, 2.75) is 26.1 Å². The molecule has 0 spiro atoms. The van der Waals surface area contributed by atoms with E-state index in [0.29, 0.717) is 13.1 Å². The molecule has 0 bridgehead atoms. The van der Waals surface area contributed by atoms with Crippen LogP contribution in [0.5, 0.6) is 0 Å². The maximum atomic E-state index is 11.8. The fraction of sp³-hybridized carbons (Fsp3) is 0.333. The van der Waals surface area contributed by atoms with Gasteiger partial charge >= 0.3 is 0 Å². The van der Waals surface area contributed by atoms with Crippen molar-refractivity contribution in [2.75, 3.05) is 0 Å². The van der Waals surface area contributed by atoms with Gasteiger partial charge in [-0.2, -0.15) is 5.10 Å². The number of H-pyrrole nitrogens is 1. The summed E-state index contributed by atoms with van der Waals surface area (Å²) in [6.07, 6.45) is 3.26. The van der Waals surface area contributed by atoms with E-state index in [1.807, 2.05) is 19.1 Å². The molecular weight excluding hydrogens is 232 g/mol. The second-order valence-electron chi connectivity index (χ2n) is 3.98. The van der Waals surface area contributed by atoms with E-state index in [0.717, 1.165) is 11.5 Å². The fourth-order valence-electron chi connectivity index (χ4n) is 1.48. The van der Waals surface area contributed by atoms with Gasteiger partial charge in [-0.25, -0.2) is 0 Å². The van der Waals surface area contributed by atoms with Crippen LogP contribution in [0.4, 0.5) is 0 Å². The molecule has 2 aromatic heterocycles. The van der Waals surface area contributed by atoms with Crippen molar-refractivity contribution >= 4 is 5.91 Å². The number of amides is 1. The molecule has 0 saturated carbocycles. The standard InChI is InChI=1S/C12H16N4O2/c1-9(13-7-10-4-5-15-16-10)12(17)14-8-11-3-2-6-18-11/h2-6,9,13H,7-8H2,1H3,(H,14,17)(H,15,16). The average Bonchev–Trinajstić information content (AvgIpc) is 3.05. The molecule has 0 aliphatic heterocycles. The number of hydrogen-bond acceptors (Lipinski definition) is 4. The van der Waals surface area contributed by atoms with Crippen LogP contribution in [0.3, 0.4) is 0 Å². The molecule has 2 rings (SSSR count). The molecule has 1 unspecified atom stereocenters. The molecular formula is C12H16N4O2. The van der Waals surface area contributed by atoms with Crippen molar-refractivity contribution < 1.29 is 9.21 Å². The lowest BCUT2D eigenvalue weighted by molar-refractivity contribution is -0.123. The summed E-state index contributed by atoms with van der Waals surface area (Å²) in [5, 5.41) is 12.6. The van der Waals surface area contributed by atoms with Crippen LogP contribution in [0.15, 0.2) is 35.1 Å². The SMILES string of the molecule is CC(NCc1ccn[nH]1)C(=O)NCc1ccco1. The molecule has 1 amide bonds. The highest BCUT2D eigenvalue weighted by molar-refractivity contribution is 5.81. The number of nitrogens with zero attached hydrogens (tertiary/aromatic N) is 1. The van der Waals surface area contributed by atoms with Gasteiger partial charge in [0.05, 0.1) is 18.8 Å². The number of carbonyl (C=O) groups is 1. The zero-order valence-electron chi connectivity index (χ0n) is 10.1. The summed E-state index contributed by atoms with van der Waals surface area (Å²) >= 11 is 0. The van der Waals surface area contributed by atoms with E-state index in [9.17, 15) is 4.79 Å². The molecule has 2 aromatic rings. The molecule has 96 valence electrons. The lowest BCUT2D eigenvalue weighted by Crippen LogP contribution is -2.41. The molecule has 0 fully saturated rings. The minimum absolute atomic E-state index is 0.0640. The van der Waals surface area contributed by atoms with E-state index in [4.69, 9.17) is 4.42 Å². The van der Waals surface area contributed by atoms with Gasteiger partial charge in [-0.1, -0.05) is 0 Å². The summed E-state index contributed by atoms with van der Waals surface area (Å²) in [5.41, 5.74) is 0.945. The highest BCUT2D eigenvalue weighted by atomic mass is 16.3. The zero-order chi connectivity index (χ0) is 12.8. The van der Waals surface area contributed by atoms with Crippen molar-refractivity contribution in [2.24, 2.45) is 0 Å². The average molecular weight is 248 g/mol. The Kier molecular flexibility index (Phi) is 4.14. The van der Waals surface area contributed by atoms with Crippen molar-refractivity contribution in [3.8, 4) is 0 Å². The molecule has 6 nitrogen and oxygen atoms in total. The van der Waals surface area contributed by atoms with Crippen LogP contribution in [-0.2, 0) is 17.9 Å². The van der Waals surface area contributed by atoms with Gasteiger partial charge in [0.15, 0.2) is 0 Å². The van der Waals surface area contributed by atoms with E-state index < -0.39 is 0 Å². The van der Waals surface area contributed by atoms with Crippen LogP contribution in [-0.4, -0.2) is 22.1 Å². The minimum atomic E-state index is -0.275. The Labute approximate surface area is 105 Å². The molecule has 0 radical (unpaired) electrons.